The molecule has 0 aliphatic carbocycles. The lowest BCUT2D eigenvalue weighted by Crippen LogP contribution is -2.36. The summed E-state index contributed by atoms with van der Waals surface area (Å²) >= 11 is 0. The number of esters is 1. The zero-order valence-corrected chi connectivity index (χ0v) is 13.0. The van der Waals surface area contributed by atoms with Gasteiger partial charge in [0.1, 0.15) is 0 Å². The zero-order valence-electron chi connectivity index (χ0n) is 13.0. The number of carbonyl (C=O) groups excluding carboxylic acids is 3. The molecular formula is C17H17N3O4. The van der Waals surface area contributed by atoms with Crippen LogP contribution in [0.3, 0.4) is 0 Å². The molecule has 0 aromatic heterocycles. The molecule has 0 bridgehead atoms. The highest BCUT2D eigenvalue weighted by Crippen LogP contribution is 2.15. The van der Waals surface area contributed by atoms with Gasteiger partial charge in [0.15, 0.2) is 0 Å². The minimum Gasteiger partial charge on any atom is -0.465 e. The number of methoxy groups -OCH3 is 1. The van der Waals surface area contributed by atoms with Crippen LogP contribution in [0, 0.1) is 0 Å². The van der Waals surface area contributed by atoms with Crippen molar-refractivity contribution in [2.45, 2.75) is 0 Å². The molecule has 0 saturated carbocycles. The molecule has 0 fully saturated rings. The SMILES string of the molecule is COC(=O)c1ccccc1NC(=O)CNC(=O)Nc1ccccc1. The summed E-state index contributed by atoms with van der Waals surface area (Å²) in [6, 6.07) is 14.8. The Morgan fingerprint density at radius 3 is 2.29 bits per heavy atom. The van der Waals surface area contributed by atoms with Gasteiger partial charge in [0.25, 0.3) is 0 Å². The Morgan fingerprint density at radius 2 is 1.58 bits per heavy atom. The first kappa shape index (κ1) is 17.0. The second-order valence-corrected chi connectivity index (χ2v) is 4.76. The first-order valence-corrected chi connectivity index (χ1v) is 7.17. The fourth-order valence-corrected chi connectivity index (χ4v) is 1.93. The second kappa shape index (κ2) is 8.33. The van der Waals surface area contributed by atoms with Gasteiger partial charge in [-0.3, -0.25) is 4.79 Å². The van der Waals surface area contributed by atoms with Gasteiger partial charge in [-0.25, -0.2) is 9.59 Å². The van der Waals surface area contributed by atoms with Crippen LogP contribution in [-0.2, 0) is 9.53 Å². The van der Waals surface area contributed by atoms with Crippen molar-refractivity contribution in [3.05, 3.63) is 60.2 Å². The lowest BCUT2D eigenvalue weighted by molar-refractivity contribution is -0.115. The summed E-state index contributed by atoms with van der Waals surface area (Å²) in [6.07, 6.45) is 0. The molecule has 0 heterocycles. The van der Waals surface area contributed by atoms with Gasteiger partial charge in [-0.2, -0.15) is 0 Å². The average molecular weight is 327 g/mol. The fraction of sp³-hybridized carbons (Fsp3) is 0.118. The summed E-state index contributed by atoms with van der Waals surface area (Å²) in [5, 5.41) is 7.59. The van der Waals surface area contributed by atoms with Crippen molar-refractivity contribution in [2.24, 2.45) is 0 Å². The van der Waals surface area contributed by atoms with Crippen molar-refractivity contribution in [3.8, 4) is 0 Å². The van der Waals surface area contributed by atoms with E-state index in [1.165, 1.54) is 13.2 Å². The Bertz CT molecular complexity index is 732. The van der Waals surface area contributed by atoms with E-state index in [0.717, 1.165) is 0 Å². The van der Waals surface area contributed by atoms with Gasteiger partial charge >= 0.3 is 12.0 Å². The summed E-state index contributed by atoms with van der Waals surface area (Å²) in [7, 11) is 1.26. The highest BCUT2D eigenvalue weighted by Gasteiger charge is 2.13. The van der Waals surface area contributed by atoms with Crippen LogP contribution in [0.15, 0.2) is 54.6 Å². The number of ether oxygens (including phenoxy) is 1. The summed E-state index contributed by atoms with van der Waals surface area (Å²) in [5.74, 6) is -1.02. The van der Waals surface area contributed by atoms with Crippen LogP contribution in [-0.4, -0.2) is 31.6 Å². The van der Waals surface area contributed by atoms with Crippen molar-refractivity contribution in [1.29, 1.82) is 0 Å². The van der Waals surface area contributed by atoms with Crippen LogP contribution < -0.4 is 16.0 Å². The first-order chi connectivity index (χ1) is 11.6. The van der Waals surface area contributed by atoms with E-state index < -0.39 is 17.9 Å². The molecular weight excluding hydrogens is 310 g/mol. The smallest absolute Gasteiger partial charge is 0.339 e. The van der Waals surface area contributed by atoms with Crippen LogP contribution in [0.5, 0.6) is 0 Å². The summed E-state index contributed by atoms with van der Waals surface area (Å²) < 4.78 is 4.65. The maximum atomic E-state index is 11.9. The van der Waals surface area contributed by atoms with E-state index in [1.807, 2.05) is 6.07 Å². The summed E-state index contributed by atoms with van der Waals surface area (Å²) in [5.41, 5.74) is 1.17. The molecule has 2 aromatic rings. The van der Waals surface area contributed by atoms with E-state index in [2.05, 4.69) is 20.7 Å². The van der Waals surface area contributed by atoms with Crippen molar-refractivity contribution in [3.63, 3.8) is 0 Å². The third kappa shape index (κ3) is 4.84. The molecule has 0 atom stereocenters. The van der Waals surface area contributed by atoms with E-state index in [-0.39, 0.29) is 12.1 Å². The van der Waals surface area contributed by atoms with Gasteiger partial charge < -0.3 is 20.7 Å². The Labute approximate surface area is 139 Å². The molecule has 7 nitrogen and oxygen atoms in total. The first-order valence-electron chi connectivity index (χ1n) is 7.17. The molecule has 0 aliphatic rings. The molecule has 124 valence electrons. The van der Waals surface area contributed by atoms with E-state index in [4.69, 9.17) is 0 Å². The number of carbonyl (C=O) groups is 3. The standard InChI is InChI=1S/C17H17N3O4/c1-24-16(22)13-9-5-6-10-14(13)20-15(21)11-18-17(23)19-12-7-3-2-4-8-12/h2-10H,11H2,1H3,(H,20,21)(H2,18,19,23). The Balaban J connectivity index is 1.88. The zero-order chi connectivity index (χ0) is 17.4. The normalized spacial score (nSPS) is 9.71. The molecule has 0 unspecified atom stereocenters. The Morgan fingerprint density at radius 1 is 0.917 bits per heavy atom. The minimum absolute atomic E-state index is 0.238. The molecule has 0 aliphatic heterocycles. The number of para-hydroxylation sites is 2. The molecule has 7 heteroatoms. The van der Waals surface area contributed by atoms with E-state index in [0.29, 0.717) is 11.4 Å². The lowest BCUT2D eigenvalue weighted by Gasteiger charge is -2.10. The number of benzene rings is 2. The fourth-order valence-electron chi connectivity index (χ4n) is 1.93. The summed E-state index contributed by atoms with van der Waals surface area (Å²) in [6.45, 7) is -0.242. The van der Waals surface area contributed by atoms with Gasteiger partial charge in [0.05, 0.1) is 24.9 Å². The van der Waals surface area contributed by atoms with E-state index in [9.17, 15) is 14.4 Å². The third-order valence-corrected chi connectivity index (χ3v) is 3.05. The van der Waals surface area contributed by atoms with Gasteiger partial charge in [0, 0.05) is 5.69 Å². The Kier molecular flexibility index (Phi) is 5.90. The molecule has 3 amide bonds. The van der Waals surface area contributed by atoms with Gasteiger partial charge in [-0.05, 0) is 24.3 Å². The van der Waals surface area contributed by atoms with Crippen LogP contribution >= 0.6 is 0 Å². The monoisotopic (exact) mass is 327 g/mol. The molecule has 0 radical (unpaired) electrons. The molecule has 0 spiro atoms. The summed E-state index contributed by atoms with van der Waals surface area (Å²) in [4.78, 5) is 35.3. The maximum absolute atomic E-state index is 11.9. The molecule has 0 saturated heterocycles. The van der Waals surface area contributed by atoms with Gasteiger partial charge in [0.2, 0.25) is 5.91 Å². The number of nitrogens with one attached hydrogen (secondary N) is 3. The van der Waals surface area contributed by atoms with Gasteiger partial charge in [-0.15, -0.1) is 0 Å². The van der Waals surface area contributed by atoms with Crippen LogP contribution in [0.25, 0.3) is 0 Å². The number of amides is 3. The highest BCUT2D eigenvalue weighted by atomic mass is 16.5. The predicted octanol–water partition coefficient (Wildman–Crippen LogP) is 2.23. The third-order valence-electron chi connectivity index (χ3n) is 3.05. The molecule has 24 heavy (non-hydrogen) atoms. The number of hydrogen-bond acceptors (Lipinski definition) is 4. The minimum atomic E-state index is -0.555. The number of urea groups is 1. The highest BCUT2D eigenvalue weighted by molar-refractivity contribution is 6.02. The van der Waals surface area contributed by atoms with Gasteiger partial charge in [-0.1, -0.05) is 30.3 Å². The van der Waals surface area contributed by atoms with Crippen molar-refractivity contribution >= 4 is 29.3 Å². The topological polar surface area (TPSA) is 96.5 Å². The number of rotatable bonds is 5. The largest absolute Gasteiger partial charge is 0.465 e. The quantitative estimate of drug-likeness (QED) is 0.734. The van der Waals surface area contributed by atoms with E-state index >= 15 is 0 Å². The van der Waals surface area contributed by atoms with Crippen molar-refractivity contribution < 1.29 is 19.1 Å². The average Bonchev–Trinajstić information content (AvgIpc) is 2.60. The van der Waals surface area contributed by atoms with Crippen molar-refractivity contribution in [2.75, 3.05) is 24.3 Å². The number of anilines is 2. The molecule has 2 rings (SSSR count). The second-order valence-electron chi connectivity index (χ2n) is 4.76. The van der Waals surface area contributed by atoms with Crippen molar-refractivity contribution in [1.82, 2.24) is 5.32 Å². The lowest BCUT2D eigenvalue weighted by atomic mass is 10.2. The van der Waals surface area contributed by atoms with E-state index in [1.54, 1.807) is 42.5 Å². The van der Waals surface area contributed by atoms with Crippen LogP contribution in [0.2, 0.25) is 0 Å². The van der Waals surface area contributed by atoms with Crippen LogP contribution in [0.4, 0.5) is 16.2 Å². The molecule has 2 aromatic carbocycles. The predicted molar refractivity (Wildman–Crippen MR) is 89.9 cm³/mol. The Hall–Kier alpha value is -3.35. The number of hydrogen-bond donors (Lipinski definition) is 3. The molecule has 3 N–H and O–H groups in total. The maximum Gasteiger partial charge on any atom is 0.339 e. The van der Waals surface area contributed by atoms with Crippen LogP contribution in [0.1, 0.15) is 10.4 Å².